The van der Waals surface area contributed by atoms with Gasteiger partial charge in [-0.2, -0.15) is 5.10 Å². The monoisotopic (exact) mass is 267 g/mol. The van der Waals surface area contributed by atoms with E-state index in [-0.39, 0.29) is 5.91 Å². The van der Waals surface area contributed by atoms with Crippen LogP contribution < -0.4 is 5.43 Å². The summed E-state index contributed by atoms with van der Waals surface area (Å²) in [7, 11) is 0. The number of nitrogens with one attached hydrogen (secondary N) is 1. The van der Waals surface area contributed by atoms with Gasteiger partial charge in [0.2, 0.25) is 0 Å². The third-order valence-corrected chi connectivity index (χ3v) is 2.95. The summed E-state index contributed by atoms with van der Waals surface area (Å²) in [6, 6.07) is 11.4. The summed E-state index contributed by atoms with van der Waals surface area (Å²) >= 11 is 0. The van der Waals surface area contributed by atoms with Gasteiger partial charge in [-0.1, -0.05) is 36.8 Å². The molecule has 2 aromatic rings. The lowest BCUT2D eigenvalue weighted by Crippen LogP contribution is -2.20. The first-order valence-electron chi connectivity index (χ1n) is 6.54. The van der Waals surface area contributed by atoms with Crippen molar-refractivity contribution >= 4 is 11.6 Å². The zero-order valence-electron chi connectivity index (χ0n) is 11.6. The molecule has 0 fully saturated rings. The normalized spacial score (nSPS) is 11.2. The van der Waals surface area contributed by atoms with Crippen molar-refractivity contribution in [1.29, 1.82) is 0 Å². The third kappa shape index (κ3) is 3.51. The van der Waals surface area contributed by atoms with E-state index in [1.807, 2.05) is 38.1 Å². The number of aryl methyl sites for hydroxylation is 1. The van der Waals surface area contributed by atoms with Gasteiger partial charge < -0.3 is 0 Å². The van der Waals surface area contributed by atoms with Crippen molar-refractivity contribution in [3.63, 3.8) is 0 Å². The topological polar surface area (TPSA) is 54.4 Å². The van der Waals surface area contributed by atoms with Crippen molar-refractivity contribution in [1.82, 2.24) is 10.4 Å². The number of carbonyl (C=O) groups excluding carboxylic acids is 1. The Morgan fingerprint density at radius 3 is 2.35 bits per heavy atom. The van der Waals surface area contributed by atoms with Crippen LogP contribution in [0.3, 0.4) is 0 Å². The summed E-state index contributed by atoms with van der Waals surface area (Å²) < 4.78 is 0. The Kier molecular flexibility index (Phi) is 4.60. The maximum absolute atomic E-state index is 11.9. The highest BCUT2D eigenvalue weighted by Gasteiger charge is 2.05. The van der Waals surface area contributed by atoms with Crippen molar-refractivity contribution < 1.29 is 4.79 Å². The highest BCUT2D eigenvalue weighted by atomic mass is 16.2. The van der Waals surface area contributed by atoms with Gasteiger partial charge in [-0.15, -0.1) is 0 Å². The van der Waals surface area contributed by atoms with Gasteiger partial charge in [-0.05, 0) is 31.0 Å². The van der Waals surface area contributed by atoms with E-state index >= 15 is 0 Å². The summed E-state index contributed by atoms with van der Waals surface area (Å²) in [4.78, 5) is 15.8. The molecule has 4 nitrogen and oxygen atoms in total. The smallest absolute Gasteiger partial charge is 0.267 e. The van der Waals surface area contributed by atoms with E-state index in [9.17, 15) is 4.79 Å². The average Bonchev–Trinajstić information content (AvgIpc) is 2.50. The fraction of sp³-hybridized carbons (Fsp3) is 0.188. The molecule has 4 heteroatoms. The number of benzene rings is 1. The quantitative estimate of drug-likeness (QED) is 0.684. The van der Waals surface area contributed by atoms with E-state index in [2.05, 4.69) is 15.5 Å². The zero-order chi connectivity index (χ0) is 14.4. The van der Waals surface area contributed by atoms with Crippen LogP contribution in [0.2, 0.25) is 0 Å². The number of hydrogen-bond donors (Lipinski definition) is 1. The molecule has 0 radical (unpaired) electrons. The third-order valence-electron chi connectivity index (χ3n) is 2.95. The van der Waals surface area contributed by atoms with Crippen LogP contribution in [-0.2, 0) is 0 Å². The molecule has 0 bridgehead atoms. The standard InChI is InChI=1S/C16H17N3O/c1-3-15(13-6-4-12(2)5-7-13)18-19-16(20)14-8-10-17-11-9-14/h4-11H,3H2,1-2H3,(H,19,20). The fourth-order valence-corrected chi connectivity index (χ4v) is 1.78. The minimum absolute atomic E-state index is 0.231. The second kappa shape index (κ2) is 6.61. The number of rotatable bonds is 4. The van der Waals surface area contributed by atoms with Gasteiger partial charge >= 0.3 is 0 Å². The molecule has 1 aromatic carbocycles. The van der Waals surface area contributed by atoms with Crippen LogP contribution in [0.25, 0.3) is 0 Å². The number of pyridine rings is 1. The van der Waals surface area contributed by atoms with Crippen LogP contribution in [0.5, 0.6) is 0 Å². The number of aromatic nitrogens is 1. The van der Waals surface area contributed by atoms with Gasteiger partial charge in [0.05, 0.1) is 5.71 Å². The summed E-state index contributed by atoms with van der Waals surface area (Å²) in [6.07, 6.45) is 3.92. The molecule has 20 heavy (non-hydrogen) atoms. The molecule has 0 saturated heterocycles. The van der Waals surface area contributed by atoms with Crippen LogP contribution in [-0.4, -0.2) is 16.6 Å². The van der Waals surface area contributed by atoms with Crippen LogP contribution >= 0.6 is 0 Å². The van der Waals surface area contributed by atoms with E-state index in [1.54, 1.807) is 24.5 Å². The molecule has 102 valence electrons. The maximum Gasteiger partial charge on any atom is 0.271 e. The second-order valence-corrected chi connectivity index (χ2v) is 4.45. The lowest BCUT2D eigenvalue weighted by Gasteiger charge is -2.05. The molecule has 1 N–H and O–H groups in total. The van der Waals surface area contributed by atoms with Gasteiger partial charge in [0.25, 0.3) is 5.91 Å². The van der Waals surface area contributed by atoms with E-state index in [1.165, 1.54) is 5.56 Å². The summed E-state index contributed by atoms with van der Waals surface area (Å²) in [5.41, 5.74) is 6.20. The first kappa shape index (κ1) is 13.9. The minimum Gasteiger partial charge on any atom is -0.267 e. The van der Waals surface area contributed by atoms with E-state index in [0.29, 0.717) is 5.56 Å². The van der Waals surface area contributed by atoms with Gasteiger partial charge in [-0.3, -0.25) is 9.78 Å². The molecule has 1 amide bonds. The van der Waals surface area contributed by atoms with Crippen LogP contribution in [0.1, 0.15) is 34.8 Å². The molecule has 0 aliphatic rings. The molecular weight excluding hydrogens is 250 g/mol. The largest absolute Gasteiger partial charge is 0.271 e. The van der Waals surface area contributed by atoms with Crippen LogP contribution in [0.15, 0.2) is 53.9 Å². The highest BCUT2D eigenvalue weighted by Crippen LogP contribution is 2.07. The number of nitrogens with zero attached hydrogens (tertiary/aromatic N) is 2. The van der Waals surface area contributed by atoms with Gasteiger partial charge in [0, 0.05) is 18.0 Å². The van der Waals surface area contributed by atoms with Crippen molar-refractivity contribution in [2.45, 2.75) is 20.3 Å². The first-order chi connectivity index (χ1) is 9.70. The SMILES string of the molecule is CCC(=NNC(=O)c1ccncc1)c1ccc(C)cc1. The Balaban J connectivity index is 2.12. The van der Waals surface area contributed by atoms with E-state index in [0.717, 1.165) is 17.7 Å². The molecular formula is C16H17N3O. The predicted octanol–water partition coefficient (Wildman–Crippen LogP) is 2.93. The second-order valence-electron chi connectivity index (χ2n) is 4.45. The van der Waals surface area contributed by atoms with Gasteiger partial charge in [-0.25, -0.2) is 5.43 Å². The number of amides is 1. The number of hydrazone groups is 1. The van der Waals surface area contributed by atoms with Crippen molar-refractivity contribution in [3.8, 4) is 0 Å². The summed E-state index contributed by atoms with van der Waals surface area (Å²) in [5.74, 6) is -0.231. The molecule has 0 spiro atoms. The summed E-state index contributed by atoms with van der Waals surface area (Å²) in [5, 5.41) is 4.22. The van der Waals surface area contributed by atoms with Crippen LogP contribution in [0, 0.1) is 6.92 Å². The first-order valence-corrected chi connectivity index (χ1v) is 6.54. The maximum atomic E-state index is 11.9. The Morgan fingerprint density at radius 1 is 1.10 bits per heavy atom. The Hall–Kier alpha value is -2.49. The molecule has 0 aliphatic carbocycles. The molecule has 1 heterocycles. The van der Waals surface area contributed by atoms with Crippen molar-refractivity contribution in [2.75, 3.05) is 0 Å². The van der Waals surface area contributed by atoms with Crippen molar-refractivity contribution in [3.05, 3.63) is 65.5 Å². The molecule has 0 unspecified atom stereocenters. The zero-order valence-corrected chi connectivity index (χ0v) is 11.6. The Morgan fingerprint density at radius 2 is 1.75 bits per heavy atom. The number of hydrogen-bond acceptors (Lipinski definition) is 3. The molecule has 0 atom stereocenters. The average molecular weight is 267 g/mol. The minimum atomic E-state index is -0.231. The van der Waals surface area contributed by atoms with Gasteiger partial charge in [0.1, 0.15) is 0 Å². The summed E-state index contributed by atoms with van der Waals surface area (Å²) in [6.45, 7) is 4.05. The Bertz CT molecular complexity index is 603. The molecule has 1 aromatic heterocycles. The Labute approximate surface area is 118 Å². The lowest BCUT2D eigenvalue weighted by atomic mass is 10.1. The van der Waals surface area contributed by atoms with E-state index in [4.69, 9.17) is 0 Å². The highest BCUT2D eigenvalue weighted by molar-refractivity contribution is 6.02. The molecule has 2 rings (SSSR count). The molecule has 0 aliphatic heterocycles. The van der Waals surface area contributed by atoms with Gasteiger partial charge in [0.15, 0.2) is 0 Å². The van der Waals surface area contributed by atoms with E-state index < -0.39 is 0 Å². The fourth-order valence-electron chi connectivity index (χ4n) is 1.78. The number of carbonyl (C=O) groups is 1. The predicted molar refractivity (Wildman–Crippen MR) is 79.7 cm³/mol. The van der Waals surface area contributed by atoms with Crippen molar-refractivity contribution in [2.24, 2.45) is 5.10 Å². The lowest BCUT2D eigenvalue weighted by molar-refractivity contribution is 0.0954. The molecule has 0 saturated carbocycles. The van der Waals surface area contributed by atoms with Crippen LogP contribution in [0.4, 0.5) is 0 Å².